The molecule has 2 fully saturated rings. The number of likely N-dealkylation sites (N-methyl/N-ethyl adjacent to an activating group) is 1. The molecule has 0 bridgehead atoms. The highest BCUT2D eigenvalue weighted by Gasteiger charge is 2.33. The molecule has 13 heteroatoms. The summed E-state index contributed by atoms with van der Waals surface area (Å²) >= 11 is 8.02. The standard InChI is InChI=1S/C31H32ClF2N7O2S/c1-15(19-5-4-10-40(19)3)43-31-38-26-22-25(37-9-11-41(30(22)39-31)13-16-8-12-42-14-16)23(32)20(24(26)34)17-6-7-18(33)28-21(17)27(36-2)29(35)44-28/h6-7,15-16,19,37H,4-5,8-14,35H2,1,3H3/t15-,16?,19?/m0/s1. The highest BCUT2D eigenvalue weighted by molar-refractivity contribution is 7.23. The lowest BCUT2D eigenvalue weighted by atomic mass is 9.97. The van der Waals surface area contributed by atoms with Gasteiger partial charge in [-0.25, -0.2) is 13.6 Å². The molecule has 2 saturated heterocycles. The zero-order chi connectivity index (χ0) is 30.7. The summed E-state index contributed by atoms with van der Waals surface area (Å²) in [5, 5.41) is 4.35. The molecule has 3 aliphatic heterocycles. The van der Waals surface area contributed by atoms with Crippen LogP contribution in [-0.2, 0) is 4.74 Å². The minimum atomic E-state index is -0.700. The van der Waals surface area contributed by atoms with Gasteiger partial charge in [0.05, 0.1) is 39.0 Å². The molecule has 3 aliphatic rings. The van der Waals surface area contributed by atoms with Crippen LogP contribution in [0.5, 0.6) is 6.01 Å². The number of thiophene rings is 1. The number of nitrogens with zero attached hydrogens (tertiary/aromatic N) is 5. The number of nitrogens with two attached hydrogens (primary N) is 1. The van der Waals surface area contributed by atoms with Gasteiger partial charge in [0.25, 0.3) is 0 Å². The van der Waals surface area contributed by atoms with Gasteiger partial charge in [-0.15, -0.1) is 11.3 Å². The van der Waals surface area contributed by atoms with E-state index in [-0.39, 0.29) is 60.6 Å². The summed E-state index contributed by atoms with van der Waals surface area (Å²) < 4.78 is 44.1. The van der Waals surface area contributed by atoms with Gasteiger partial charge in [0.15, 0.2) is 5.82 Å². The fourth-order valence-corrected chi connectivity index (χ4v) is 8.14. The summed E-state index contributed by atoms with van der Waals surface area (Å²) in [6, 6.07) is 2.96. The molecule has 0 spiro atoms. The minimum Gasteiger partial charge on any atom is -0.459 e. The minimum absolute atomic E-state index is 0.0196. The lowest BCUT2D eigenvalue weighted by Gasteiger charge is -2.28. The van der Waals surface area contributed by atoms with Crippen molar-refractivity contribution in [1.82, 2.24) is 14.9 Å². The zero-order valence-corrected chi connectivity index (χ0v) is 26.0. The number of halogens is 3. The Labute approximate surface area is 262 Å². The Kier molecular flexibility index (Phi) is 7.61. The van der Waals surface area contributed by atoms with Crippen LogP contribution in [0.25, 0.3) is 37.0 Å². The van der Waals surface area contributed by atoms with Gasteiger partial charge in [-0.1, -0.05) is 17.7 Å². The summed E-state index contributed by atoms with van der Waals surface area (Å²) in [5.41, 5.74) is 6.99. The number of likely N-dealkylation sites (tertiary alicyclic amines) is 1. The van der Waals surface area contributed by atoms with Gasteiger partial charge in [-0.05, 0) is 51.4 Å². The Bertz CT molecular complexity index is 1820. The number of nitrogens with one attached hydrogen (secondary N) is 1. The smallest absolute Gasteiger partial charge is 0.319 e. The fourth-order valence-electron chi connectivity index (χ4n) is 6.86. The van der Waals surface area contributed by atoms with Crippen molar-refractivity contribution < 1.29 is 18.3 Å². The van der Waals surface area contributed by atoms with Crippen LogP contribution in [0.4, 0.5) is 31.0 Å². The summed E-state index contributed by atoms with van der Waals surface area (Å²) in [7, 11) is 2.07. The maximum atomic E-state index is 17.0. The second-order valence-corrected chi connectivity index (χ2v) is 13.2. The van der Waals surface area contributed by atoms with Gasteiger partial charge in [-0.2, -0.15) is 9.97 Å². The second kappa shape index (κ2) is 11.5. The van der Waals surface area contributed by atoms with Gasteiger partial charge in [0.1, 0.15) is 23.3 Å². The highest BCUT2D eigenvalue weighted by Crippen LogP contribution is 2.51. The summed E-state index contributed by atoms with van der Waals surface area (Å²) in [4.78, 5) is 17.5. The van der Waals surface area contributed by atoms with Crippen LogP contribution in [0.15, 0.2) is 12.1 Å². The van der Waals surface area contributed by atoms with Crippen LogP contribution in [-0.4, -0.2) is 73.5 Å². The van der Waals surface area contributed by atoms with Crippen molar-refractivity contribution in [2.45, 2.75) is 38.3 Å². The van der Waals surface area contributed by atoms with Crippen LogP contribution in [0.3, 0.4) is 0 Å². The van der Waals surface area contributed by atoms with Crippen molar-refractivity contribution in [2.75, 3.05) is 62.4 Å². The van der Waals surface area contributed by atoms with E-state index in [0.29, 0.717) is 55.7 Å². The van der Waals surface area contributed by atoms with E-state index in [4.69, 9.17) is 38.4 Å². The maximum absolute atomic E-state index is 17.0. The molecular formula is C31H32ClF2N7O2S. The van der Waals surface area contributed by atoms with Crippen molar-refractivity contribution in [2.24, 2.45) is 5.92 Å². The van der Waals surface area contributed by atoms with E-state index in [9.17, 15) is 4.39 Å². The number of nitrogen functional groups attached to an aromatic ring is 1. The Hall–Kier alpha value is -3.50. The first-order valence-corrected chi connectivity index (χ1v) is 16.0. The average Bonchev–Trinajstić information content (AvgIpc) is 3.72. The van der Waals surface area contributed by atoms with Crippen molar-refractivity contribution in [3.63, 3.8) is 0 Å². The summed E-state index contributed by atoms with van der Waals surface area (Å²) in [5.74, 6) is -0.390. The van der Waals surface area contributed by atoms with E-state index in [1.807, 2.05) is 6.92 Å². The number of hydrogen-bond acceptors (Lipinski definition) is 9. The SMILES string of the molecule is [C-]#[N+]c1c(N)sc2c(F)ccc(-c3c(Cl)c4c5c(nc(O[C@@H](C)C6CCCN6C)nc5c3F)N(CC3CCOC3)CCN4)c12. The second-order valence-electron chi connectivity index (χ2n) is 11.8. The Morgan fingerprint density at radius 2 is 2.11 bits per heavy atom. The van der Waals surface area contributed by atoms with Gasteiger partial charge >= 0.3 is 6.01 Å². The van der Waals surface area contributed by atoms with Crippen LogP contribution < -0.4 is 20.7 Å². The largest absolute Gasteiger partial charge is 0.459 e. The van der Waals surface area contributed by atoms with E-state index in [1.165, 1.54) is 12.1 Å². The van der Waals surface area contributed by atoms with Crippen LogP contribution in [0, 0.1) is 24.1 Å². The van der Waals surface area contributed by atoms with Gasteiger partial charge < -0.3 is 25.4 Å². The molecule has 44 heavy (non-hydrogen) atoms. The number of anilines is 3. The third kappa shape index (κ3) is 4.77. The summed E-state index contributed by atoms with van der Waals surface area (Å²) in [6.45, 7) is 13.8. The summed E-state index contributed by atoms with van der Waals surface area (Å²) in [6.07, 6.45) is 2.77. The van der Waals surface area contributed by atoms with E-state index < -0.39 is 11.6 Å². The number of ether oxygens (including phenoxy) is 2. The Morgan fingerprint density at radius 3 is 2.84 bits per heavy atom. The normalized spacial score (nSPS) is 21.0. The molecule has 2 aromatic carbocycles. The topological polar surface area (TPSA) is 93.1 Å². The number of fused-ring (bicyclic) bond motifs is 1. The zero-order valence-electron chi connectivity index (χ0n) is 24.4. The molecule has 4 aromatic rings. The molecule has 3 N–H and O–H groups in total. The molecule has 2 aromatic heterocycles. The van der Waals surface area contributed by atoms with Crippen LogP contribution >= 0.6 is 22.9 Å². The number of hydrogen-bond donors (Lipinski definition) is 2. The van der Waals surface area contributed by atoms with Crippen molar-refractivity contribution in [1.29, 1.82) is 0 Å². The molecule has 230 valence electrons. The molecule has 3 atom stereocenters. The van der Waals surface area contributed by atoms with E-state index >= 15 is 4.39 Å². The molecule has 9 nitrogen and oxygen atoms in total. The number of benzene rings is 2. The fraction of sp³-hybridized carbons (Fsp3) is 0.452. The van der Waals surface area contributed by atoms with Crippen LogP contribution in [0.1, 0.15) is 26.2 Å². The molecule has 0 aliphatic carbocycles. The maximum Gasteiger partial charge on any atom is 0.319 e. The quantitative estimate of drug-likeness (QED) is 0.225. The van der Waals surface area contributed by atoms with E-state index in [0.717, 1.165) is 37.1 Å². The molecule has 5 heterocycles. The van der Waals surface area contributed by atoms with Crippen molar-refractivity contribution >= 4 is 66.1 Å². The number of aromatic nitrogens is 2. The predicted octanol–water partition coefficient (Wildman–Crippen LogP) is 6.71. The first-order valence-electron chi connectivity index (χ1n) is 14.8. The molecule has 2 unspecified atom stereocenters. The Balaban J connectivity index is 1.46. The molecule has 0 amide bonds. The van der Waals surface area contributed by atoms with Gasteiger partial charge in [0.2, 0.25) is 5.69 Å². The molecular weight excluding hydrogens is 608 g/mol. The lowest BCUT2D eigenvalue weighted by Crippen LogP contribution is -2.38. The monoisotopic (exact) mass is 639 g/mol. The van der Waals surface area contributed by atoms with Gasteiger partial charge in [0, 0.05) is 49.2 Å². The molecule has 0 radical (unpaired) electrons. The lowest BCUT2D eigenvalue weighted by molar-refractivity contribution is 0.112. The highest BCUT2D eigenvalue weighted by atomic mass is 35.5. The third-order valence-electron chi connectivity index (χ3n) is 9.05. The van der Waals surface area contributed by atoms with Crippen molar-refractivity contribution in [3.8, 4) is 17.1 Å². The molecule has 0 saturated carbocycles. The van der Waals surface area contributed by atoms with Crippen molar-refractivity contribution in [3.05, 3.63) is 40.2 Å². The first-order chi connectivity index (χ1) is 21.3. The molecule has 7 rings (SSSR count). The van der Waals surface area contributed by atoms with E-state index in [1.54, 1.807) is 0 Å². The number of rotatable bonds is 6. The van der Waals surface area contributed by atoms with E-state index in [2.05, 4.69) is 32.0 Å². The van der Waals surface area contributed by atoms with Gasteiger partial charge in [-0.3, -0.25) is 4.90 Å². The predicted molar refractivity (Wildman–Crippen MR) is 171 cm³/mol. The third-order valence-corrected chi connectivity index (χ3v) is 10.4. The Morgan fingerprint density at radius 1 is 1.27 bits per heavy atom. The average molecular weight is 640 g/mol. The van der Waals surface area contributed by atoms with Crippen LogP contribution in [0.2, 0.25) is 5.02 Å². The first kappa shape index (κ1) is 29.2.